The SMILES string of the molecule is COc1cccc(C(=O)N2C[C@H](NC(=O)C(=O)c3ccco3)[C@@H](C3CC3)C2)c1. The molecule has 7 heteroatoms. The summed E-state index contributed by atoms with van der Waals surface area (Å²) < 4.78 is 10.2. The first-order chi connectivity index (χ1) is 13.6. The number of Topliss-reactive ketones (excluding diaryl/α,β-unsaturated/α-hetero) is 1. The number of nitrogens with one attached hydrogen (secondary N) is 1. The van der Waals surface area contributed by atoms with Crippen molar-refractivity contribution in [2.75, 3.05) is 20.2 Å². The number of methoxy groups -OCH3 is 1. The molecule has 2 fully saturated rings. The van der Waals surface area contributed by atoms with Gasteiger partial charge in [-0.05, 0) is 49.1 Å². The number of hydrogen-bond acceptors (Lipinski definition) is 5. The Morgan fingerprint density at radius 2 is 1.96 bits per heavy atom. The van der Waals surface area contributed by atoms with Crippen LogP contribution in [0.1, 0.15) is 33.8 Å². The molecule has 2 heterocycles. The van der Waals surface area contributed by atoms with E-state index in [0.29, 0.717) is 30.3 Å². The van der Waals surface area contributed by atoms with Crippen LogP contribution in [0, 0.1) is 11.8 Å². The van der Waals surface area contributed by atoms with Crippen molar-refractivity contribution in [2.24, 2.45) is 11.8 Å². The maximum atomic E-state index is 12.9. The van der Waals surface area contributed by atoms with Crippen LogP contribution in [0.3, 0.4) is 0 Å². The van der Waals surface area contributed by atoms with Crippen LogP contribution < -0.4 is 10.1 Å². The molecule has 1 aromatic carbocycles. The fourth-order valence-electron chi connectivity index (χ4n) is 3.84. The van der Waals surface area contributed by atoms with Crippen molar-refractivity contribution in [1.29, 1.82) is 0 Å². The Labute approximate surface area is 162 Å². The molecule has 4 rings (SSSR count). The summed E-state index contributed by atoms with van der Waals surface area (Å²) in [4.78, 5) is 39.2. The molecule has 2 atom stereocenters. The van der Waals surface area contributed by atoms with E-state index in [2.05, 4.69) is 5.32 Å². The van der Waals surface area contributed by atoms with Crippen molar-refractivity contribution < 1.29 is 23.5 Å². The van der Waals surface area contributed by atoms with Crippen LogP contribution in [0.2, 0.25) is 0 Å². The summed E-state index contributed by atoms with van der Waals surface area (Å²) in [6.45, 7) is 0.953. The summed E-state index contributed by atoms with van der Waals surface area (Å²) in [5, 5.41) is 2.83. The van der Waals surface area contributed by atoms with Gasteiger partial charge in [-0.15, -0.1) is 0 Å². The standard InChI is InChI=1S/C21H22N2O5/c1-27-15-5-2-4-14(10-15)21(26)23-11-16(13-7-8-13)17(12-23)22-20(25)19(24)18-6-3-9-28-18/h2-6,9-10,13,16-17H,7-8,11-12H2,1H3,(H,22,25)/t16-,17+/m1/s1. The number of carbonyl (C=O) groups is 3. The predicted octanol–water partition coefficient (Wildman–Crippen LogP) is 2.14. The summed E-state index contributed by atoms with van der Waals surface area (Å²) in [6.07, 6.45) is 3.53. The van der Waals surface area contributed by atoms with Crippen LogP contribution in [-0.2, 0) is 4.79 Å². The van der Waals surface area contributed by atoms with E-state index in [-0.39, 0.29) is 23.6 Å². The van der Waals surface area contributed by atoms with E-state index in [1.54, 1.807) is 42.3 Å². The number of ketones is 1. The Bertz CT molecular complexity index is 888. The minimum absolute atomic E-state index is 0.0165. The normalized spacial score (nSPS) is 21.4. The fourth-order valence-corrected chi connectivity index (χ4v) is 3.84. The third-order valence-corrected chi connectivity index (χ3v) is 5.46. The molecular formula is C21H22N2O5. The van der Waals surface area contributed by atoms with Crippen molar-refractivity contribution >= 4 is 17.6 Å². The van der Waals surface area contributed by atoms with Gasteiger partial charge in [0.15, 0.2) is 5.76 Å². The Kier molecular flexibility index (Phi) is 4.90. The molecule has 1 aromatic heterocycles. The van der Waals surface area contributed by atoms with Crippen molar-refractivity contribution in [2.45, 2.75) is 18.9 Å². The second kappa shape index (κ2) is 7.50. The lowest BCUT2D eigenvalue weighted by Gasteiger charge is -2.18. The van der Waals surface area contributed by atoms with Crippen molar-refractivity contribution in [3.8, 4) is 5.75 Å². The van der Waals surface area contributed by atoms with E-state index in [4.69, 9.17) is 9.15 Å². The summed E-state index contributed by atoms with van der Waals surface area (Å²) in [7, 11) is 1.56. The third kappa shape index (κ3) is 3.65. The van der Waals surface area contributed by atoms with Gasteiger partial charge in [0.25, 0.3) is 17.6 Å². The lowest BCUT2D eigenvalue weighted by Crippen LogP contribution is -2.44. The molecule has 1 saturated carbocycles. The minimum Gasteiger partial charge on any atom is -0.497 e. The lowest BCUT2D eigenvalue weighted by molar-refractivity contribution is -0.118. The van der Waals surface area contributed by atoms with Crippen LogP contribution in [0.25, 0.3) is 0 Å². The topological polar surface area (TPSA) is 88.9 Å². The second-order valence-electron chi connectivity index (χ2n) is 7.33. The highest BCUT2D eigenvalue weighted by molar-refractivity contribution is 6.42. The molecule has 1 aliphatic carbocycles. The first kappa shape index (κ1) is 18.3. The molecule has 2 aliphatic rings. The molecule has 0 unspecified atom stereocenters. The first-order valence-electron chi connectivity index (χ1n) is 9.39. The highest BCUT2D eigenvalue weighted by Crippen LogP contribution is 2.41. The highest BCUT2D eigenvalue weighted by Gasteiger charge is 2.45. The van der Waals surface area contributed by atoms with Gasteiger partial charge >= 0.3 is 0 Å². The molecule has 0 bridgehead atoms. The quantitative estimate of drug-likeness (QED) is 0.611. The highest BCUT2D eigenvalue weighted by atomic mass is 16.5. The number of furan rings is 1. The zero-order valence-corrected chi connectivity index (χ0v) is 15.6. The smallest absolute Gasteiger partial charge is 0.296 e. The Hall–Kier alpha value is -3.09. The average molecular weight is 382 g/mol. The second-order valence-corrected chi connectivity index (χ2v) is 7.33. The van der Waals surface area contributed by atoms with Crippen LogP contribution in [0.5, 0.6) is 5.75 Å². The molecular weight excluding hydrogens is 360 g/mol. The number of carbonyl (C=O) groups excluding carboxylic acids is 3. The number of rotatable bonds is 6. The lowest BCUT2D eigenvalue weighted by atomic mass is 9.98. The van der Waals surface area contributed by atoms with E-state index in [1.165, 1.54) is 12.3 Å². The molecule has 1 saturated heterocycles. The van der Waals surface area contributed by atoms with E-state index in [0.717, 1.165) is 12.8 Å². The zero-order chi connectivity index (χ0) is 19.7. The molecule has 7 nitrogen and oxygen atoms in total. The zero-order valence-electron chi connectivity index (χ0n) is 15.6. The maximum absolute atomic E-state index is 12.9. The number of amides is 2. The van der Waals surface area contributed by atoms with Crippen LogP contribution in [0.15, 0.2) is 47.1 Å². The van der Waals surface area contributed by atoms with Gasteiger partial charge in [-0.1, -0.05) is 6.07 Å². The van der Waals surface area contributed by atoms with Gasteiger partial charge in [0.05, 0.1) is 19.4 Å². The molecule has 1 aliphatic heterocycles. The molecule has 2 amide bonds. The summed E-state index contributed by atoms with van der Waals surface area (Å²) in [6, 6.07) is 9.82. The molecule has 2 aromatic rings. The van der Waals surface area contributed by atoms with Gasteiger partial charge in [-0.25, -0.2) is 0 Å². The van der Waals surface area contributed by atoms with Gasteiger partial charge in [-0.3, -0.25) is 14.4 Å². The van der Waals surface area contributed by atoms with Gasteiger partial charge in [-0.2, -0.15) is 0 Å². The van der Waals surface area contributed by atoms with Crippen LogP contribution in [0.4, 0.5) is 0 Å². The fraction of sp³-hybridized carbons (Fsp3) is 0.381. The predicted molar refractivity (Wildman–Crippen MR) is 100 cm³/mol. The van der Waals surface area contributed by atoms with Crippen molar-refractivity contribution in [1.82, 2.24) is 10.2 Å². The summed E-state index contributed by atoms with van der Waals surface area (Å²) in [5.41, 5.74) is 0.549. The monoisotopic (exact) mass is 382 g/mol. The van der Waals surface area contributed by atoms with Crippen molar-refractivity contribution in [3.05, 3.63) is 54.0 Å². The summed E-state index contributed by atoms with van der Waals surface area (Å²) >= 11 is 0. The number of likely N-dealkylation sites (tertiary alicyclic amines) is 1. The Morgan fingerprint density at radius 1 is 1.14 bits per heavy atom. The Balaban J connectivity index is 1.46. The van der Waals surface area contributed by atoms with E-state index >= 15 is 0 Å². The van der Waals surface area contributed by atoms with E-state index in [1.807, 2.05) is 0 Å². The van der Waals surface area contributed by atoms with Gasteiger partial charge in [0, 0.05) is 24.6 Å². The molecule has 28 heavy (non-hydrogen) atoms. The third-order valence-electron chi connectivity index (χ3n) is 5.46. The average Bonchev–Trinajstić information content (AvgIpc) is 3.25. The Morgan fingerprint density at radius 3 is 2.64 bits per heavy atom. The van der Waals surface area contributed by atoms with Crippen molar-refractivity contribution in [3.63, 3.8) is 0 Å². The number of hydrogen-bond donors (Lipinski definition) is 1. The van der Waals surface area contributed by atoms with Gasteiger partial charge in [0.2, 0.25) is 0 Å². The minimum atomic E-state index is -0.697. The molecule has 0 radical (unpaired) electrons. The first-order valence-corrected chi connectivity index (χ1v) is 9.39. The number of nitrogens with zero attached hydrogens (tertiary/aromatic N) is 1. The van der Waals surface area contributed by atoms with Crippen LogP contribution in [-0.4, -0.2) is 48.7 Å². The largest absolute Gasteiger partial charge is 0.497 e. The number of ether oxygens (including phenoxy) is 1. The molecule has 146 valence electrons. The van der Waals surface area contributed by atoms with E-state index in [9.17, 15) is 14.4 Å². The maximum Gasteiger partial charge on any atom is 0.296 e. The molecule has 1 N–H and O–H groups in total. The number of benzene rings is 1. The van der Waals surface area contributed by atoms with E-state index < -0.39 is 11.7 Å². The van der Waals surface area contributed by atoms with Crippen LogP contribution >= 0.6 is 0 Å². The van der Waals surface area contributed by atoms with Gasteiger partial charge < -0.3 is 19.4 Å². The summed E-state index contributed by atoms with van der Waals surface area (Å²) in [5.74, 6) is -0.215. The molecule has 0 spiro atoms. The van der Waals surface area contributed by atoms with Gasteiger partial charge in [0.1, 0.15) is 5.75 Å².